The van der Waals surface area contributed by atoms with E-state index >= 15 is 0 Å². The highest BCUT2D eigenvalue weighted by atomic mass is 16.5. The third-order valence-corrected chi connectivity index (χ3v) is 3.15. The van der Waals surface area contributed by atoms with Crippen molar-refractivity contribution in [1.82, 2.24) is 0 Å². The van der Waals surface area contributed by atoms with Crippen LogP contribution in [-0.2, 0) is 13.0 Å². The Balaban J connectivity index is 2.09. The van der Waals surface area contributed by atoms with Crippen LogP contribution in [0.15, 0.2) is 48.5 Å². The molecule has 0 aromatic heterocycles. The van der Waals surface area contributed by atoms with Gasteiger partial charge in [0.1, 0.15) is 12.4 Å². The summed E-state index contributed by atoms with van der Waals surface area (Å²) in [5.41, 5.74) is 9.42. The minimum Gasteiger partial charge on any atom is -0.489 e. The molecule has 0 aliphatic heterocycles. The Morgan fingerprint density at radius 1 is 1.00 bits per heavy atom. The number of aryl methyl sites for hydroxylation is 1. The second kappa shape index (κ2) is 6.10. The van der Waals surface area contributed by atoms with Crippen LogP contribution in [-0.4, -0.2) is 5.54 Å². The molecule has 0 heterocycles. The highest BCUT2D eigenvalue weighted by Gasteiger charge is 2.12. The van der Waals surface area contributed by atoms with Gasteiger partial charge in [-0.1, -0.05) is 42.5 Å². The van der Waals surface area contributed by atoms with E-state index in [1.54, 1.807) is 0 Å². The summed E-state index contributed by atoms with van der Waals surface area (Å²) >= 11 is 0. The Kier molecular flexibility index (Phi) is 4.46. The molecule has 0 atom stereocenters. The smallest absolute Gasteiger partial charge is 0.122 e. The van der Waals surface area contributed by atoms with E-state index < -0.39 is 0 Å². The lowest BCUT2D eigenvalue weighted by Crippen LogP contribution is -2.34. The molecule has 20 heavy (non-hydrogen) atoms. The summed E-state index contributed by atoms with van der Waals surface area (Å²) in [6, 6.07) is 16.5. The van der Waals surface area contributed by atoms with E-state index in [2.05, 4.69) is 37.3 Å². The molecule has 0 aliphatic carbocycles. The molecular formula is C18H23NO. The molecule has 0 bridgehead atoms. The quantitative estimate of drug-likeness (QED) is 0.894. The largest absolute Gasteiger partial charge is 0.489 e. The summed E-state index contributed by atoms with van der Waals surface area (Å²) in [6.07, 6.45) is 0.842. The molecule has 0 fully saturated rings. The van der Waals surface area contributed by atoms with Crippen molar-refractivity contribution in [2.45, 2.75) is 39.3 Å². The van der Waals surface area contributed by atoms with Crippen LogP contribution in [0.25, 0.3) is 0 Å². The maximum Gasteiger partial charge on any atom is 0.122 e. The molecule has 0 unspecified atom stereocenters. The molecule has 2 aromatic rings. The zero-order valence-corrected chi connectivity index (χ0v) is 12.5. The number of hydrogen-bond donors (Lipinski definition) is 1. The van der Waals surface area contributed by atoms with Crippen molar-refractivity contribution >= 4 is 0 Å². The van der Waals surface area contributed by atoms with Crippen molar-refractivity contribution in [3.63, 3.8) is 0 Å². The summed E-state index contributed by atoms with van der Waals surface area (Å²) < 4.78 is 5.94. The monoisotopic (exact) mass is 269 g/mol. The fourth-order valence-corrected chi connectivity index (χ4v) is 2.17. The molecule has 2 nitrogen and oxygen atoms in total. The van der Waals surface area contributed by atoms with E-state index in [0.717, 1.165) is 17.7 Å². The van der Waals surface area contributed by atoms with E-state index in [-0.39, 0.29) is 5.54 Å². The molecule has 106 valence electrons. The zero-order valence-electron chi connectivity index (χ0n) is 12.5. The van der Waals surface area contributed by atoms with Crippen molar-refractivity contribution in [2.75, 3.05) is 0 Å². The molecule has 0 amide bonds. The lowest BCUT2D eigenvalue weighted by Gasteiger charge is -2.19. The highest BCUT2D eigenvalue weighted by Crippen LogP contribution is 2.22. The summed E-state index contributed by atoms with van der Waals surface area (Å²) in [5, 5.41) is 0. The average molecular weight is 269 g/mol. The summed E-state index contributed by atoms with van der Waals surface area (Å²) in [4.78, 5) is 0. The van der Waals surface area contributed by atoms with Crippen molar-refractivity contribution in [3.05, 3.63) is 65.2 Å². The van der Waals surface area contributed by atoms with E-state index in [0.29, 0.717) is 6.61 Å². The van der Waals surface area contributed by atoms with Crippen LogP contribution in [0, 0.1) is 6.92 Å². The van der Waals surface area contributed by atoms with Gasteiger partial charge >= 0.3 is 0 Å². The van der Waals surface area contributed by atoms with Crippen LogP contribution in [0.4, 0.5) is 0 Å². The number of hydrogen-bond acceptors (Lipinski definition) is 2. The number of nitrogens with two attached hydrogens (primary N) is 1. The summed E-state index contributed by atoms with van der Waals surface area (Å²) in [5.74, 6) is 0.940. The first-order valence-corrected chi connectivity index (χ1v) is 6.99. The van der Waals surface area contributed by atoms with E-state index in [1.165, 1.54) is 11.1 Å². The van der Waals surface area contributed by atoms with Crippen molar-refractivity contribution in [3.8, 4) is 5.75 Å². The standard InChI is InChI=1S/C18H23NO/c1-14-9-10-16(12-18(2,3)19)11-17(14)20-13-15-7-5-4-6-8-15/h4-11H,12-13,19H2,1-3H3. The third kappa shape index (κ3) is 4.39. The van der Waals surface area contributed by atoms with Gasteiger partial charge in [0.05, 0.1) is 0 Å². The average Bonchev–Trinajstić information content (AvgIpc) is 2.39. The first-order chi connectivity index (χ1) is 9.44. The Hall–Kier alpha value is -1.80. The van der Waals surface area contributed by atoms with Gasteiger partial charge < -0.3 is 10.5 Å². The summed E-state index contributed by atoms with van der Waals surface area (Å²) in [7, 11) is 0. The van der Waals surface area contributed by atoms with Crippen molar-refractivity contribution in [1.29, 1.82) is 0 Å². The Labute approximate surface area is 121 Å². The minimum atomic E-state index is -0.202. The predicted molar refractivity (Wildman–Crippen MR) is 83.9 cm³/mol. The molecule has 0 saturated heterocycles. The molecular weight excluding hydrogens is 246 g/mol. The predicted octanol–water partition coefficient (Wildman–Crippen LogP) is 3.85. The zero-order chi connectivity index (χ0) is 14.6. The number of ether oxygens (including phenoxy) is 1. The SMILES string of the molecule is Cc1ccc(CC(C)(C)N)cc1OCc1ccccc1. The Morgan fingerprint density at radius 2 is 1.70 bits per heavy atom. The normalized spacial score (nSPS) is 11.4. The molecule has 0 saturated carbocycles. The van der Waals surface area contributed by atoms with Gasteiger partial charge in [-0.15, -0.1) is 0 Å². The minimum absolute atomic E-state index is 0.202. The van der Waals surface area contributed by atoms with Gasteiger partial charge in [0.2, 0.25) is 0 Å². The van der Waals surface area contributed by atoms with Crippen molar-refractivity contribution < 1.29 is 4.74 Å². The lowest BCUT2D eigenvalue weighted by molar-refractivity contribution is 0.303. The first kappa shape index (κ1) is 14.6. The van der Waals surface area contributed by atoms with E-state index in [1.807, 2.05) is 32.0 Å². The fourth-order valence-electron chi connectivity index (χ4n) is 2.17. The van der Waals surface area contributed by atoms with Crippen LogP contribution >= 0.6 is 0 Å². The Bertz CT molecular complexity index is 555. The van der Waals surface area contributed by atoms with E-state index in [9.17, 15) is 0 Å². The van der Waals surface area contributed by atoms with Crippen LogP contribution in [0.3, 0.4) is 0 Å². The van der Waals surface area contributed by atoms with Gasteiger partial charge in [0.25, 0.3) is 0 Å². The Morgan fingerprint density at radius 3 is 2.35 bits per heavy atom. The molecule has 2 rings (SSSR count). The molecule has 0 spiro atoms. The molecule has 2 aromatic carbocycles. The van der Waals surface area contributed by atoms with Crippen LogP contribution in [0.1, 0.15) is 30.5 Å². The van der Waals surface area contributed by atoms with Gasteiger partial charge in [-0.3, -0.25) is 0 Å². The van der Waals surface area contributed by atoms with Crippen molar-refractivity contribution in [2.24, 2.45) is 5.73 Å². The molecule has 0 radical (unpaired) electrons. The maximum atomic E-state index is 6.08. The molecule has 2 N–H and O–H groups in total. The first-order valence-electron chi connectivity index (χ1n) is 6.99. The van der Waals surface area contributed by atoms with Gasteiger partial charge in [-0.25, -0.2) is 0 Å². The number of benzene rings is 2. The number of rotatable bonds is 5. The van der Waals surface area contributed by atoms with Gasteiger partial charge in [0, 0.05) is 5.54 Å². The van der Waals surface area contributed by atoms with Gasteiger partial charge in [-0.05, 0) is 49.9 Å². The lowest BCUT2D eigenvalue weighted by atomic mass is 9.95. The third-order valence-electron chi connectivity index (χ3n) is 3.15. The van der Waals surface area contributed by atoms with Crippen LogP contribution in [0.5, 0.6) is 5.75 Å². The topological polar surface area (TPSA) is 35.2 Å². The summed E-state index contributed by atoms with van der Waals surface area (Å²) in [6.45, 7) is 6.74. The highest BCUT2D eigenvalue weighted by molar-refractivity contribution is 5.37. The van der Waals surface area contributed by atoms with Crippen LogP contribution in [0.2, 0.25) is 0 Å². The second-order valence-electron chi connectivity index (χ2n) is 6.04. The van der Waals surface area contributed by atoms with Crippen LogP contribution < -0.4 is 10.5 Å². The fraction of sp³-hybridized carbons (Fsp3) is 0.333. The van der Waals surface area contributed by atoms with E-state index in [4.69, 9.17) is 10.5 Å². The van der Waals surface area contributed by atoms with Gasteiger partial charge in [0.15, 0.2) is 0 Å². The second-order valence-corrected chi connectivity index (χ2v) is 6.04. The van der Waals surface area contributed by atoms with Gasteiger partial charge in [-0.2, -0.15) is 0 Å². The maximum absolute atomic E-state index is 6.08. The molecule has 2 heteroatoms. The molecule has 0 aliphatic rings.